The molecule has 0 fully saturated rings. The Kier molecular flexibility index (Phi) is 6.61. The fourth-order valence-corrected chi connectivity index (χ4v) is 3.39. The molecule has 0 aliphatic rings. The molecule has 2 amide bonds. The Morgan fingerprint density at radius 2 is 1.66 bits per heavy atom. The lowest BCUT2D eigenvalue weighted by Gasteiger charge is -2.12. The third-order valence-corrected chi connectivity index (χ3v) is 5.19. The maximum Gasteiger partial charge on any atom is 0.237 e. The number of carbonyl (C=O) groups is 2. The van der Waals surface area contributed by atoms with Crippen molar-refractivity contribution >= 4 is 35.0 Å². The zero-order valence-electron chi connectivity index (χ0n) is 16.4. The minimum atomic E-state index is -0.412. The molecule has 2 N–H and O–H groups in total. The van der Waals surface area contributed by atoms with E-state index in [1.165, 1.54) is 24.2 Å². The van der Waals surface area contributed by atoms with E-state index in [1.807, 2.05) is 24.3 Å². The third kappa shape index (κ3) is 5.41. The van der Waals surface area contributed by atoms with Gasteiger partial charge < -0.3 is 10.6 Å². The molecule has 0 aliphatic carbocycles. The molecule has 2 aromatic carbocycles. The van der Waals surface area contributed by atoms with Crippen LogP contribution in [0.15, 0.2) is 53.7 Å². The van der Waals surface area contributed by atoms with Crippen LogP contribution in [0.2, 0.25) is 0 Å². The average molecular weight is 411 g/mol. The van der Waals surface area contributed by atoms with Crippen molar-refractivity contribution < 1.29 is 9.59 Å². The third-order valence-electron chi connectivity index (χ3n) is 4.15. The van der Waals surface area contributed by atoms with E-state index in [-0.39, 0.29) is 11.8 Å². The molecule has 0 bridgehead atoms. The number of aromatic nitrogens is 4. The fourth-order valence-electron chi connectivity index (χ4n) is 2.58. The summed E-state index contributed by atoms with van der Waals surface area (Å²) in [6, 6.07) is 14.9. The first-order chi connectivity index (χ1) is 14.0. The van der Waals surface area contributed by atoms with E-state index in [1.54, 1.807) is 35.9 Å². The second-order valence-electron chi connectivity index (χ2n) is 6.40. The van der Waals surface area contributed by atoms with Gasteiger partial charge in [0.15, 0.2) is 0 Å². The van der Waals surface area contributed by atoms with Crippen molar-refractivity contribution in [1.29, 1.82) is 0 Å². The molecule has 3 aromatic rings. The Morgan fingerprint density at radius 3 is 2.24 bits per heavy atom. The van der Waals surface area contributed by atoms with Gasteiger partial charge >= 0.3 is 0 Å². The first kappa shape index (κ1) is 20.5. The molecule has 0 saturated carbocycles. The summed E-state index contributed by atoms with van der Waals surface area (Å²) in [5.41, 5.74) is 3.39. The zero-order chi connectivity index (χ0) is 20.8. The summed E-state index contributed by atoms with van der Waals surface area (Å²) in [4.78, 5) is 23.6. The second-order valence-corrected chi connectivity index (χ2v) is 7.71. The van der Waals surface area contributed by atoms with Crippen LogP contribution in [0.1, 0.15) is 26.3 Å². The number of benzene rings is 2. The highest BCUT2D eigenvalue weighted by Gasteiger charge is 2.19. The monoisotopic (exact) mass is 410 g/mol. The lowest BCUT2D eigenvalue weighted by molar-refractivity contribution is -0.115. The molecule has 150 valence electrons. The summed E-state index contributed by atoms with van der Waals surface area (Å²) in [6.45, 7) is 5.34. The van der Waals surface area contributed by atoms with E-state index in [0.29, 0.717) is 16.5 Å². The normalized spacial score (nSPS) is 11.7. The number of thioether (sulfide) groups is 1. The quantitative estimate of drug-likeness (QED) is 0.580. The molecule has 1 heterocycles. The van der Waals surface area contributed by atoms with Gasteiger partial charge in [0.05, 0.1) is 10.9 Å². The van der Waals surface area contributed by atoms with Crippen LogP contribution >= 0.6 is 11.8 Å². The highest BCUT2D eigenvalue weighted by atomic mass is 32.2. The molecule has 1 atom stereocenters. The summed E-state index contributed by atoms with van der Waals surface area (Å²) < 4.78 is 1.62. The van der Waals surface area contributed by atoms with E-state index < -0.39 is 5.25 Å². The number of nitrogens with one attached hydrogen (secondary N) is 2. The molecule has 9 heteroatoms. The van der Waals surface area contributed by atoms with Gasteiger partial charge in [-0.05, 0) is 65.7 Å². The summed E-state index contributed by atoms with van der Waals surface area (Å²) in [6.07, 6.45) is 0.959. The van der Waals surface area contributed by atoms with Crippen LogP contribution in [-0.4, -0.2) is 37.3 Å². The molecule has 0 aliphatic heterocycles. The molecule has 0 radical (unpaired) electrons. The number of rotatable bonds is 7. The van der Waals surface area contributed by atoms with Crippen LogP contribution < -0.4 is 10.6 Å². The molecular weight excluding hydrogens is 388 g/mol. The summed E-state index contributed by atoms with van der Waals surface area (Å²) in [7, 11) is 0. The molecular formula is C20H22N6O2S. The highest BCUT2D eigenvalue weighted by Crippen LogP contribution is 2.24. The van der Waals surface area contributed by atoms with Crippen LogP contribution in [0.3, 0.4) is 0 Å². The zero-order valence-corrected chi connectivity index (χ0v) is 17.2. The van der Waals surface area contributed by atoms with Gasteiger partial charge in [0.2, 0.25) is 17.0 Å². The van der Waals surface area contributed by atoms with Gasteiger partial charge in [0.25, 0.3) is 0 Å². The summed E-state index contributed by atoms with van der Waals surface area (Å²) in [5.74, 6) is -0.313. The number of tetrazole rings is 1. The molecule has 29 heavy (non-hydrogen) atoms. The molecule has 3 rings (SSSR count). The van der Waals surface area contributed by atoms with Gasteiger partial charge in [-0.1, -0.05) is 30.8 Å². The number of aryl methyl sites for hydroxylation is 1. The van der Waals surface area contributed by atoms with Gasteiger partial charge in [-0.3, -0.25) is 9.59 Å². The van der Waals surface area contributed by atoms with E-state index >= 15 is 0 Å². The van der Waals surface area contributed by atoms with Crippen molar-refractivity contribution in [3.63, 3.8) is 0 Å². The Morgan fingerprint density at radius 1 is 1.03 bits per heavy atom. The van der Waals surface area contributed by atoms with Crippen molar-refractivity contribution in [3.05, 3.63) is 54.1 Å². The van der Waals surface area contributed by atoms with Crippen LogP contribution in [0, 0.1) is 0 Å². The van der Waals surface area contributed by atoms with Crippen molar-refractivity contribution in [2.45, 2.75) is 37.6 Å². The minimum Gasteiger partial charge on any atom is -0.326 e. The molecule has 8 nitrogen and oxygen atoms in total. The van der Waals surface area contributed by atoms with E-state index in [0.717, 1.165) is 12.1 Å². The number of nitrogens with zero attached hydrogens (tertiary/aromatic N) is 4. The van der Waals surface area contributed by atoms with Gasteiger partial charge in [0.1, 0.15) is 0 Å². The maximum atomic E-state index is 12.6. The summed E-state index contributed by atoms with van der Waals surface area (Å²) in [5, 5.41) is 17.5. The van der Waals surface area contributed by atoms with Crippen LogP contribution in [-0.2, 0) is 16.0 Å². The number of amides is 2. The Balaban J connectivity index is 1.64. The fraction of sp³-hybridized carbons (Fsp3) is 0.250. The Hall–Kier alpha value is -3.20. The Bertz CT molecular complexity index is 985. The standard InChI is InChI=1S/C20H22N6O2S/c1-4-15-5-11-18(12-6-15)26-20(23-24-25-26)29-13(2)19(28)22-17-9-7-16(8-10-17)21-14(3)27/h5-13H,4H2,1-3H3,(H,21,27)(H,22,28). The topological polar surface area (TPSA) is 102 Å². The first-order valence-corrected chi connectivity index (χ1v) is 10.1. The van der Waals surface area contributed by atoms with Gasteiger partial charge in [-0.15, -0.1) is 5.10 Å². The van der Waals surface area contributed by atoms with E-state index in [9.17, 15) is 9.59 Å². The molecule has 1 unspecified atom stereocenters. The van der Waals surface area contributed by atoms with Crippen molar-refractivity contribution in [2.75, 3.05) is 10.6 Å². The lowest BCUT2D eigenvalue weighted by atomic mass is 10.1. The largest absolute Gasteiger partial charge is 0.326 e. The Labute approximate surface area is 173 Å². The number of hydrogen-bond donors (Lipinski definition) is 2. The second kappa shape index (κ2) is 9.33. The number of anilines is 2. The van der Waals surface area contributed by atoms with Gasteiger partial charge in [-0.25, -0.2) is 0 Å². The van der Waals surface area contributed by atoms with Crippen LogP contribution in [0.5, 0.6) is 0 Å². The predicted octanol–water partition coefficient (Wildman–Crippen LogP) is 3.30. The van der Waals surface area contributed by atoms with Crippen LogP contribution in [0.25, 0.3) is 5.69 Å². The smallest absolute Gasteiger partial charge is 0.237 e. The SMILES string of the molecule is CCc1ccc(-n2nnnc2SC(C)C(=O)Nc2ccc(NC(C)=O)cc2)cc1. The van der Waals surface area contributed by atoms with Crippen molar-refractivity contribution in [3.8, 4) is 5.69 Å². The molecule has 0 spiro atoms. The number of carbonyl (C=O) groups excluding carboxylic acids is 2. The lowest BCUT2D eigenvalue weighted by Crippen LogP contribution is -2.23. The van der Waals surface area contributed by atoms with Crippen LogP contribution in [0.4, 0.5) is 11.4 Å². The minimum absolute atomic E-state index is 0.145. The molecule has 0 saturated heterocycles. The average Bonchev–Trinajstić information content (AvgIpc) is 3.17. The molecule has 1 aromatic heterocycles. The van der Waals surface area contributed by atoms with E-state index in [2.05, 4.69) is 33.1 Å². The highest BCUT2D eigenvalue weighted by molar-refractivity contribution is 8.00. The van der Waals surface area contributed by atoms with Gasteiger partial charge in [0, 0.05) is 18.3 Å². The summed E-state index contributed by atoms with van der Waals surface area (Å²) >= 11 is 1.28. The first-order valence-electron chi connectivity index (χ1n) is 9.19. The predicted molar refractivity (Wildman–Crippen MR) is 113 cm³/mol. The van der Waals surface area contributed by atoms with Crippen molar-refractivity contribution in [1.82, 2.24) is 20.2 Å². The number of hydrogen-bond acceptors (Lipinski definition) is 6. The van der Waals surface area contributed by atoms with E-state index in [4.69, 9.17) is 0 Å². The maximum absolute atomic E-state index is 12.6. The van der Waals surface area contributed by atoms with Gasteiger partial charge in [-0.2, -0.15) is 4.68 Å². The van der Waals surface area contributed by atoms with Crippen molar-refractivity contribution in [2.24, 2.45) is 0 Å².